The zero-order valence-electron chi connectivity index (χ0n) is 19.3. The molecule has 0 atom stereocenters. The number of hydrogen-bond donors (Lipinski definition) is 2. The summed E-state index contributed by atoms with van der Waals surface area (Å²) in [4.78, 5) is 22.6. The summed E-state index contributed by atoms with van der Waals surface area (Å²) in [7, 11) is 0. The van der Waals surface area contributed by atoms with Crippen molar-refractivity contribution in [2.24, 2.45) is 11.8 Å². The maximum atomic E-state index is 11.3. The number of carbonyl (C=O) groups is 2. The van der Waals surface area contributed by atoms with E-state index in [0.29, 0.717) is 0 Å². The van der Waals surface area contributed by atoms with Gasteiger partial charge in [-0.25, -0.2) is 0 Å². The number of hydrogen-bond acceptors (Lipinski definition) is 2. The van der Waals surface area contributed by atoms with E-state index in [9.17, 15) is 19.8 Å². The second-order valence-corrected chi connectivity index (χ2v) is 8.86. The van der Waals surface area contributed by atoms with Crippen LogP contribution in [-0.2, 0) is 9.59 Å². The molecular formula is C25H50CaO4. The second kappa shape index (κ2) is 23.9. The summed E-state index contributed by atoms with van der Waals surface area (Å²) in [6.07, 6.45) is 22.4. The molecule has 0 amide bonds. The van der Waals surface area contributed by atoms with Crippen molar-refractivity contribution < 1.29 is 19.8 Å². The van der Waals surface area contributed by atoms with Gasteiger partial charge in [0.15, 0.2) is 5.92 Å². The molecule has 2 N–H and O–H groups in total. The summed E-state index contributed by atoms with van der Waals surface area (Å²) in [6, 6.07) is 0. The summed E-state index contributed by atoms with van der Waals surface area (Å²) in [5, 5.41) is 18.5. The van der Waals surface area contributed by atoms with Crippen LogP contribution in [0.3, 0.4) is 0 Å². The van der Waals surface area contributed by atoms with Crippen LogP contribution in [0.4, 0.5) is 0 Å². The van der Waals surface area contributed by atoms with E-state index < -0.39 is 17.9 Å². The molecule has 0 spiro atoms. The van der Waals surface area contributed by atoms with Crippen molar-refractivity contribution in [3.63, 3.8) is 0 Å². The summed E-state index contributed by atoms with van der Waals surface area (Å²) < 4.78 is 0. The molecule has 0 aromatic heterocycles. The molecule has 0 aliphatic rings. The van der Waals surface area contributed by atoms with Crippen LogP contribution in [0.1, 0.15) is 136 Å². The van der Waals surface area contributed by atoms with Crippen molar-refractivity contribution in [2.75, 3.05) is 0 Å². The summed E-state index contributed by atoms with van der Waals surface area (Å²) in [6.45, 7) is 4.46. The van der Waals surface area contributed by atoms with Crippen molar-refractivity contribution in [3.8, 4) is 0 Å². The SMILES string of the molecule is CCCCCCCCCCC(CCCCCCCCCC)CC(C(=O)O)C(=O)O.[CaH2]. The van der Waals surface area contributed by atoms with Gasteiger partial charge in [0, 0.05) is 0 Å². The van der Waals surface area contributed by atoms with Gasteiger partial charge in [-0.1, -0.05) is 129 Å². The average molecular weight is 455 g/mol. The quantitative estimate of drug-likeness (QED) is 0.106. The standard InChI is InChI=1S/C25H48O4.Ca.2H/c1-3-5-7-9-11-13-15-17-19-22(21-23(24(26)27)25(28)29)20-18-16-14-12-10-8-6-4-2;;;/h22-23H,3-21H2,1-2H3,(H,26,27)(H,28,29);;;. The molecule has 30 heavy (non-hydrogen) atoms. The second-order valence-electron chi connectivity index (χ2n) is 8.86. The number of carboxylic acids is 2. The Morgan fingerprint density at radius 2 is 0.867 bits per heavy atom. The molecule has 0 saturated heterocycles. The van der Waals surface area contributed by atoms with Gasteiger partial charge in [0.2, 0.25) is 0 Å². The third-order valence-electron chi connectivity index (χ3n) is 6.10. The van der Waals surface area contributed by atoms with E-state index in [1.807, 2.05) is 0 Å². The Bertz CT molecular complexity index is 367. The Balaban J connectivity index is 0. The monoisotopic (exact) mass is 454 g/mol. The first-order valence-corrected chi connectivity index (χ1v) is 12.5. The molecule has 0 aromatic rings. The molecule has 0 aliphatic carbocycles. The number of aliphatic carboxylic acids is 2. The molecule has 0 fully saturated rings. The van der Waals surface area contributed by atoms with E-state index >= 15 is 0 Å². The third-order valence-corrected chi connectivity index (χ3v) is 6.10. The Morgan fingerprint density at radius 3 is 1.17 bits per heavy atom. The summed E-state index contributed by atoms with van der Waals surface area (Å²) in [5.74, 6) is -3.39. The molecule has 0 rings (SSSR count). The summed E-state index contributed by atoms with van der Waals surface area (Å²) in [5.41, 5.74) is 0. The fraction of sp³-hybridized carbons (Fsp3) is 0.920. The van der Waals surface area contributed by atoms with Crippen molar-refractivity contribution in [3.05, 3.63) is 0 Å². The number of rotatable bonds is 22. The maximum absolute atomic E-state index is 11.3. The molecule has 0 saturated carbocycles. The van der Waals surface area contributed by atoms with Crippen LogP contribution < -0.4 is 0 Å². The molecule has 176 valence electrons. The predicted molar refractivity (Wildman–Crippen MR) is 130 cm³/mol. The fourth-order valence-electron chi connectivity index (χ4n) is 4.15. The van der Waals surface area contributed by atoms with Crippen molar-refractivity contribution in [1.82, 2.24) is 0 Å². The van der Waals surface area contributed by atoms with Gasteiger partial charge in [-0.3, -0.25) is 9.59 Å². The Morgan fingerprint density at radius 1 is 0.567 bits per heavy atom. The average Bonchev–Trinajstić information content (AvgIpc) is 2.68. The van der Waals surface area contributed by atoms with Crippen LogP contribution in [0.2, 0.25) is 0 Å². The van der Waals surface area contributed by atoms with Gasteiger partial charge in [0.1, 0.15) is 0 Å². The van der Waals surface area contributed by atoms with Gasteiger partial charge < -0.3 is 10.2 Å². The van der Waals surface area contributed by atoms with Crippen LogP contribution in [0, 0.1) is 11.8 Å². The first kappa shape index (κ1) is 32.4. The molecule has 0 bridgehead atoms. The van der Waals surface area contributed by atoms with Crippen molar-refractivity contribution >= 4 is 49.7 Å². The van der Waals surface area contributed by atoms with E-state index in [1.165, 1.54) is 89.9 Å². The van der Waals surface area contributed by atoms with Gasteiger partial charge in [-0.05, 0) is 12.3 Å². The molecule has 0 aliphatic heterocycles. The Hall–Kier alpha value is 0.200. The van der Waals surface area contributed by atoms with E-state index in [0.717, 1.165) is 25.7 Å². The third kappa shape index (κ3) is 20.1. The van der Waals surface area contributed by atoms with Crippen molar-refractivity contribution in [2.45, 2.75) is 136 Å². The molecular weight excluding hydrogens is 404 g/mol. The van der Waals surface area contributed by atoms with Crippen LogP contribution in [0.25, 0.3) is 0 Å². The normalized spacial score (nSPS) is 11.1. The zero-order valence-corrected chi connectivity index (χ0v) is 19.3. The van der Waals surface area contributed by atoms with E-state index in [2.05, 4.69) is 13.8 Å². The van der Waals surface area contributed by atoms with Crippen LogP contribution in [-0.4, -0.2) is 59.9 Å². The summed E-state index contributed by atoms with van der Waals surface area (Å²) >= 11 is 0. The number of unbranched alkanes of at least 4 members (excludes halogenated alkanes) is 14. The van der Waals surface area contributed by atoms with Gasteiger partial charge in [-0.15, -0.1) is 0 Å². The minimum absolute atomic E-state index is 0. The molecule has 5 heteroatoms. The van der Waals surface area contributed by atoms with Gasteiger partial charge in [0.25, 0.3) is 0 Å². The first-order chi connectivity index (χ1) is 14.0. The van der Waals surface area contributed by atoms with E-state index in [4.69, 9.17) is 0 Å². The minimum atomic E-state index is -1.25. The fourth-order valence-corrected chi connectivity index (χ4v) is 4.15. The Labute approximate surface area is 216 Å². The van der Waals surface area contributed by atoms with Crippen molar-refractivity contribution in [1.29, 1.82) is 0 Å². The zero-order chi connectivity index (χ0) is 21.7. The molecule has 0 unspecified atom stereocenters. The number of carboxylic acid groups (broad SMARTS) is 2. The molecule has 0 aromatic carbocycles. The molecule has 0 radical (unpaired) electrons. The first-order valence-electron chi connectivity index (χ1n) is 12.5. The molecule has 0 heterocycles. The van der Waals surface area contributed by atoms with Crippen LogP contribution in [0.15, 0.2) is 0 Å². The predicted octanol–water partition coefficient (Wildman–Crippen LogP) is 6.92. The van der Waals surface area contributed by atoms with Gasteiger partial charge in [-0.2, -0.15) is 0 Å². The van der Waals surface area contributed by atoms with Crippen LogP contribution >= 0.6 is 0 Å². The van der Waals surface area contributed by atoms with E-state index in [-0.39, 0.29) is 50.1 Å². The molecule has 4 nitrogen and oxygen atoms in total. The van der Waals surface area contributed by atoms with Gasteiger partial charge in [0.05, 0.1) is 0 Å². The Kier molecular flexibility index (Phi) is 25.7. The topological polar surface area (TPSA) is 74.6 Å². The van der Waals surface area contributed by atoms with E-state index in [1.54, 1.807) is 0 Å². The van der Waals surface area contributed by atoms with Crippen LogP contribution in [0.5, 0.6) is 0 Å². The van der Waals surface area contributed by atoms with Gasteiger partial charge >= 0.3 is 49.7 Å².